The third kappa shape index (κ3) is 5.12. The molecule has 0 aliphatic carbocycles. The summed E-state index contributed by atoms with van der Waals surface area (Å²) in [5, 5.41) is 17.4. The standard InChI is InChI=1S/C13H10O.C9H8O4/c14-13(11-7-3-1-4-8-11)12-9-5-2-6-10-12;1-5-6(8(10)11)3-2-4-7(5)9(12)13/h1-10H;2-4H,1H3,(H,10,11)(H,12,13). The van der Waals surface area contributed by atoms with Crippen LogP contribution in [0.25, 0.3) is 0 Å². The van der Waals surface area contributed by atoms with E-state index in [0.717, 1.165) is 11.1 Å². The van der Waals surface area contributed by atoms with Crippen LogP contribution in [0.15, 0.2) is 78.9 Å². The van der Waals surface area contributed by atoms with E-state index in [1.807, 2.05) is 60.7 Å². The van der Waals surface area contributed by atoms with Crippen molar-refractivity contribution in [3.63, 3.8) is 0 Å². The summed E-state index contributed by atoms with van der Waals surface area (Å²) in [5.41, 5.74) is 1.81. The highest BCUT2D eigenvalue weighted by Gasteiger charge is 2.13. The minimum atomic E-state index is -1.11. The molecule has 3 aromatic rings. The SMILES string of the molecule is Cc1c(C(=O)O)cccc1C(=O)O.O=C(c1ccccc1)c1ccccc1. The Bertz CT molecular complexity index is 873. The maximum absolute atomic E-state index is 11.8. The van der Waals surface area contributed by atoms with Crippen molar-refractivity contribution in [3.8, 4) is 0 Å². The third-order valence-corrected chi connectivity index (χ3v) is 3.87. The van der Waals surface area contributed by atoms with Gasteiger partial charge in [-0.25, -0.2) is 9.59 Å². The number of hydrogen-bond donors (Lipinski definition) is 2. The molecule has 5 heteroatoms. The van der Waals surface area contributed by atoms with E-state index >= 15 is 0 Å². The molecule has 0 unspecified atom stereocenters. The Morgan fingerprint density at radius 3 is 1.30 bits per heavy atom. The number of carbonyl (C=O) groups is 3. The van der Waals surface area contributed by atoms with Crippen molar-refractivity contribution in [1.82, 2.24) is 0 Å². The second kappa shape index (κ2) is 9.10. The second-order valence-corrected chi connectivity index (χ2v) is 5.65. The van der Waals surface area contributed by atoms with E-state index in [1.165, 1.54) is 25.1 Å². The molecule has 0 spiro atoms. The molecule has 0 fully saturated rings. The Balaban J connectivity index is 0.000000194. The summed E-state index contributed by atoms with van der Waals surface area (Å²) in [7, 11) is 0. The average molecular weight is 362 g/mol. The Morgan fingerprint density at radius 2 is 0.963 bits per heavy atom. The van der Waals surface area contributed by atoms with Crippen LogP contribution in [0.4, 0.5) is 0 Å². The molecule has 3 aromatic carbocycles. The van der Waals surface area contributed by atoms with Gasteiger partial charge >= 0.3 is 11.9 Å². The van der Waals surface area contributed by atoms with E-state index < -0.39 is 11.9 Å². The molecule has 0 atom stereocenters. The lowest BCUT2D eigenvalue weighted by Crippen LogP contribution is -2.06. The number of carbonyl (C=O) groups excluding carboxylic acids is 1. The highest BCUT2D eigenvalue weighted by molar-refractivity contribution is 6.08. The van der Waals surface area contributed by atoms with Gasteiger partial charge in [0.05, 0.1) is 11.1 Å². The van der Waals surface area contributed by atoms with Crippen molar-refractivity contribution in [2.45, 2.75) is 6.92 Å². The van der Waals surface area contributed by atoms with Crippen molar-refractivity contribution in [3.05, 3.63) is 107 Å². The zero-order valence-corrected chi connectivity index (χ0v) is 14.6. The predicted molar refractivity (Wildman–Crippen MR) is 101 cm³/mol. The summed E-state index contributed by atoms with van der Waals surface area (Å²) in [6.45, 7) is 1.48. The van der Waals surface area contributed by atoms with Crippen molar-refractivity contribution in [1.29, 1.82) is 0 Å². The summed E-state index contributed by atoms with van der Waals surface area (Å²) in [5.74, 6) is -2.15. The maximum atomic E-state index is 11.8. The molecule has 0 radical (unpaired) electrons. The zero-order chi connectivity index (χ0) is 19.8. The predicted octanol–water partition coefficient (Wildman–Crippen LogP) is 4.31. The molecule has 0 amide bonds. The fraction of sp³-hybridized carbons (Fsp3) is 0.0455. The van der Waals surface area contributed by atoms with Crippen LogP contribution in [0.1, 0.15) is 42.2 Å². The van der Waals surface area contributed by atoms with Crippen LogP contribution < -0.4 is 0 Å². The van der Waals surface area contributed by atoms with Crippen molar-refractivity contribution in [2.24, 2.45) is 0 Å². The number of aromatic carboxylic acids is 2. The van der Waals surface area contributed by atoms with Gasteiger partial charge in [-0.3, -0.25) is 4.79 Å². The Labute approximate surface area is 156 Å². The smallest absolute Gasteiger partial charge is 0.335 e. The molecule has 0 aromatic heterocycles. The van der Waals surface area contributed by atoms with E-state index in [4.69, 9.17) is 10.2 Å². The number of ketones is 1. The first-order valence-electron chi connectivity index (χ1n) is 8.12. The molecule has 2 N–H and O–H groups in total. The summed E-state index contributed by atoms with van der Waals surface area (Å²) < 4.78 is 0. The minimum absolute atomic E-state index is 0.0277. The van der Waals surface area contributed by atoms with E-state index in [2.05, 4.69) is 0 Å². The summed E-state index contributed by atoms with van der Waals surface area (Å²) in [6, 6.07) is 22.8. The number of rotatable bonds is 4. The average Bonchev–Trinajstić information content (AvgIpc) is 2.69. The molecular formula is C22H18O5. The van der Waals surface area contributed by atoms with Gasteiger partial charge in [0.2, 0.25) is 0 Å². The fourth-order valence-corrected chi connectivity index (χ4v) is 2.44. The van der Waals surface area contributed by atoms with Gasteiger partial charge < -0.3 is 10.2 Å². The molecule has 0 aliphatic rings. The number of hydrogen-bond acceptors (Lipinski definition) is 3. The van der Waals surface area contributed by atoms with Gasteiger partial charge in [-0.1, -0.05) is 66.7 Å². The van der Waals surface area contributed by atoms with Crippen LogP contribution in [-0.2, 0) is 0 Å². The first-order chi connectivity index (χ1) is 12.9. The second-order valence-electron chi connectivity index (χ2n) is 5.65. The molecule has 0 aliphatic heterocycles. The molecule has 0 saturated carbocycles. The quantitative estimate of drug-likeness (QED) is 0.675. The summed E-state index contributed by atoms with van der Waals surface area (Å²) in [6.07, 6.45) is 0. The number of carboxylic acid groups (broad SMARTS) is 2. The van der Waals surface area contributed by atoms with Gasteiger partial charge in [-0.05, 0) is 24.6 Å². The first kappa shape index (κ1) is 19.6. The molecule has 5 nitrogen and oxygen atoms in total. The zero-order valence-electron chi connectivity index (χ0n) is 14.6. The van der Waals surface area contributed by atoms with Gasteiger partial charge in [0.25, 0.3) is 0 Å². The molecule has 3 rings (SSSR count). The Hall–Kier alpha value is -3.73. The lowest BCUT2D eigenvalue weighted by Gasteiger charge is -2.03. The van der Waals surface area contributed by atoms with Gasteiger partial charge in [0.1, 0.15) is 0 Å². The van der Waals surface area contributed by atoms with Crippen molar-refractivity contribution < 1.29 is 24.6 Å². The Kier molecular flexibility index (Phi) is 6.61. The first-order valence-corrected chi connectivity index (χ1v) is 8.12. The van der Waals surface area contributed by atoms with Gasteiger partial charge in [-0.15, -0.1) is 0 Å². The van der Waals surface area contributed by atoms with Crippen LogP contribution >= 0.6 is 0 Å². The number of benzene rings is 3. The normalized spacial score (nSPS) is 9.67. The summed E-state index contributed by atoms with van der Waals surface area (Å²) in [4.78, 5) is 33.1. The largest absolute Gasteiger partial charge is 0.478 e. The molecule has 0 bridgehead atoms. The third-order valence-electron chi connectivity index (χ3n) is 3.87. The topological polar surface area (TPSA) is 91.7 Å². The molecule has 27 heavy (non-hydrogen) atoms. The summed E-state index contributed by atoms with van der Waals surface area (Å²) >= 11 is 0. The molecular weight excluding hydrogens is 344 g/mol. The van der Waals surface area contributed by atoms with E-state index in [-0.39, 0.29) is 22.5 Å². The lowest BCUT2D eigenvalue weighted by atomic mass is 10.0. The Morgan fingerprint density at radius 1 is 0.593 bits per heavy atom. The van der Waals surface area contributed by atoms with E-state index in [1.54, 1.807) is 0 Å². The van der Waals surface area contributed by atoms with E-state index in [9.17, 15) is 14.4 Å². The van der Waals surface area contributed by atoms with Crippen LogP contribution in [0.2, 0.25) is 0 Å². The highest BCUT2D eigenvalue weighted by Crippen LogP contribution is 2.13. The van der Waals surface area contributed by atoms with Crippen LogP contribution in [0.5, 0.6) is 0 Å². The number of carboxylic acids is 2. The molecule has 0 heterocycles. The van der Waals surface area contributed by atoms with E-state index in [0.29, 0.717) is 0 Å². The van der Waals surface area contributed by atoms with Crippen molar-refractivity contribution in [2.75, 3.05) is 0 Å². The monoisotopic (exact) mass is 362 g/mol. The van der Waals surface area contributed by atoms with Crippen LogP contribution in [-0.4, -0.2) is 27.9 Å². The van der Waals surface area contributed by atoms with Crippen molar-refractivity contribution >= 4 is 17.7 Å². The fourth-order valence-electron chi connectivity index (χ4n) is 2.44. The maximum Gasteiger partial charge on any atom is 0.335 e. The van der Waals surface area contributed by atoms with Crippen LogP contribution in [0.3, 0.4) is 0 Å². The molecule has 0 saturated heterocycles. The van der Waals surface area contributed by atoms with Gasteiger partial charge in [0, 0.05) is 11.1 Å². The molecule has 136 valence electrons. The van der Waals surface area contributed by atoms with Gasteiger partial charge in [-0.2, -0.15) is 0 Å². The minimum Gasteiger partial charge on any atom is -0.478 e. The highest BCUT2D eigenvalue weighted by atomic mass is 16.4. The lowest BCUT2D eigenvalue weighted by molar-refractivity contribution is 0.0696. The van der Waals surface area contributed by atoms with Gasteiger partial charge in [0.15, 0.2) is 5.78 Å². The van der Waals surface area contributed by atoms with Crippen LogP contribution in [0, 0.1) is 6.92 Å².